The number of anilines is 1. The summed E-state index contributed by atoms with van der Waals surface area (Å²) in [6.07, 6.45) is 0. The van der Waals surface area contributed by atoms with Crippen LogP contribution in [0.2, 0.25) is 0 Å². The highest BCUT2D eigenvalue weighted by Gasteiger charge is 2.23. The van der Waals surface area contributed by atoms with Gasteiger partial charge < -0.3 is 5.73 Å². The van der Waals surface area contributed by atoms with Crippen molar-refractivity contribution in [3.63, 3.8) is 0 Å². The number of nitrogen functional groups attached to an aromatic ring is 1. The Morgan fingerprint density at radius 3 is 2.83 bits per heavy atom. The van der Waals surface area contributed by atoms with E-state index >= 15 is 0 Å². The van der Waals surface area contributed by atoms with E-state index in [0.29, 0.717) is 5.69 Å². The molecule has 0 saturated heterocycles. The normalized spacial score (nSPS) is 11.7. The van der Waals surface area contributed by atoms with E-state index < -0.39 is 20.7 Å². The Morgan fingerprint density at radius 1 is 1.50 bits per heavy atom. The van der Waals surface area contributed by atoms with E-state index in [1.54, 1.807) is 5.38 Å². The number of aromatic nitrogens is 2. The minimum atomic E-state index is -3.85. The molecule has 0 aliphatic rings. The molecule has 0 aliphatic heterocycles. The monoisotopic (exact) mass is 287 g/mol. The molecular weight excluding hydrogens is 277 g/mol. The number of nitrogens with two attached hydrogens (primary N) is 1. The molecule has 96 valence electrons. The van der Waals surface area contributed by atoms with Crippen LogP contribution in [-0.4, -0.2) is 18.4 Å². The number of pyridine rings is 1. The minimum Gasteiger partial charge on any atom is -0.397 e. The summed E-state index contributed by atoms with van der Waals surface area (Å²) in [6, 6.07) is 0.969. The molecule has 2 N–H and O–H groups in total. The van der Waals surface area contributed by atoms with Gasteiger partial charge in [-0.2, -0.15) is 0 Å². The number of hydrogen-bond donors (Lipinski definition) is 1. The van der Waals surface area contributed by atoms with Crippen molar-refractivity contribution in [2.45, 2.75) is 17.7 Å². The third kappa shape index (κ3) is 2.49. The molecule has 0 unspecified atom stereocenters. The van der Waals surface area contributed by atoms with E-state index in [9.17, 15) is 12.8 Å². The van der Waals surface area contributed by atoms with Crippen LogP contribution < -0.4 is 5.73 Å². The molecule has 0 atom stereocenters. The summed E-state index contributed by atoms with van der Waals surface area (Å²) in [6.45, 7) is 1.52. The molecule has 5 nitrogen and oxygen atoms in total. The Kier molecular flexibility index (Phi) is 3.31. The van der Waals surface area contributed by atoms with Gasteiger partial charge in [-0.1, -0.05) is 0 Å². The average Bonchev–Trinajstić information content (AvgIpc) is 2.75. The Labute approximate surface area is 107 Å². The number of halogens is 1. The van der Waals surface area contributed by atoms with Gasteiger partial charge in [0.2, 0.25) is 9.84 Å². The maximum absolute atomic E-state index is 13.6. The van der Waals surface area contributed by atoms with Gasteiger partial charge in [0.05, 0.1) is 28.3 Å². The molecule has 0 spiro atoms. The average molecular weight is 287 g/mol. The van der Waals surface area contributed by atoms with Gasteiger partial charge in [-0.05, 0) is 6.92 Å². The molecule has 8 heteroatoms. The third-order valence-corrected chi connectivity index (χ3v) is 4.48. The summed E-state index contributed by atoms with van der Waals surface area (Å²) in [7, 11) is -3.85. The van der Waals surface area contributed by atoms with Crippen LogP contribution in [0.1, 0.15) is 11.4 Å². The highest BCUT2D eigenvalue weighted by Crippen LogP contribution is 2.21. The minimum absolute atomic E-state index is 0.125. The van der Waals surface area contributed by atoms with Gasteiger partial charge in [0.15, 0.2) is 10.8 Å². The van der Waals surface area contributed by atoms with Crippen LogP contribution in [0.15, 0.2) is 22.0 Å². The SMILES string of the molecule is Cc1nc(S(=O)(=O)Cc2cscn2)c(F)cc1N. The van der Waals surface area contributed by atoms with E-state index in [1.807, 2.05) is 0 Å². The van der Waals surface area contributed by atoms with Crippen molar-refractivity contribution in [3.05, 3.63) is 34.2 Å². The standard InChI is InChI=1S/C10H10FN3O2S2/c1-6-9(12)2-8(11)10(14-6)18(15,16)4-7-3-17-5-13-7/h2-3,5H,4,12H2,1H3. The molecule has 0 radical (unpaired) electrons. The lowest BCUT2D eigenvalue weighted by Gasteiger charge is -2.06. The van der Waals surface area contributed by atoms with Crippen LogP contribution >= 0.6 is 11.3 Å². The summed E-state index contributed by atoms with van der Waals surface area (Å²) < 4.78 is 37.6. The van der Waals surface area contributed by atoms with Crippen molar-refractivity contribution in [2.75, 3.05) is 5.73 Å². The van der Waals surface area contributed by atoms with E-state index in [-0.39, 0.29) is 17.1 Å². The Balaban J connectivity index is 2.44. The molecule has 0 aromatic carbocycles. The van der Waals surface area contributed by atoms with Crippen molar-refractivity contribution in [2.24, 2.45) is 0 Å². The number of sulfone groups is 1. The summed E-state index contributed by atoms with van der Waals surface area (Å²) in [5, 5.41) is 1.02. The fourth-order valence-electron chi connectivity index (χ4n) is 1.36. The van der Waals surface area contributed by atoms with Crippen LogP contribution in [-0.2, 0) is 15.6 Å². The molecular formula is C10H10FN3O2S2. The molecule has 0 aliphatic carbocycles. The van der Waals surface area contributed by atoms with E-state index in [1.165, 1.54) is 23.8 Å². The molecule has 2 heterocycles. The van der Waals surface area contributed by atoms with Crippen molar-refractivity contribution in [1.29, 1.82) is 0 Å². The first-order valence-electron chi connectivity index (χ1n) is 4.92. The van der Waals surface area contributed by atoms with Crippen molar-refractivity contribution in [3.8, 4) is 0 Å². The Morgan fingerprint density at radius 2 is 2.22 bits per heavy atom. The molecule has 18 heavy (non-hydrogen) atoms. The number of rotatable bonds is 3. The molecule has 0 fully saturated rings. The highest BCUT2D eigenvalue weighted by molar-refractivity contribution is 7.90. The Hall–Kier alpha value is -1.54. The zero-order valence-corrected chi connectivity index (χ0v) is 11.1. The number of hydrogen-bond acceptors (Lipinski definition) is 6. The van der Waals surface area contributed by atoms with Gasteiger partial charge >= 0.3 is 0 Å². The zero-order chi connectivity index (χ0) is 13.3. The van der Waals surface area contributed by atoms with E-state index in [0.717, 1.165) is 6.07 Å². The van der Waals surface area contributed by atoms with Crippen molar-refractivity contribution < 1.29 is 12.8 Å². The highest BCUT2D eigenvalue weighted by atomic mass is 32.2. The van der Waals surface area contributed by atoms with Crippen molar-refractivity contribution >= 4 is 26.9 Å². The first-order valence-corrected chi connectivity index (χ1v) is 7.52. The summed E-state index contributed by atoms with van der Waals surface area (Å²) in [5.74, 6) is -1.31. The molecule has 0 amide bonds. The van der Waals surface area contributed by atoms with Crippen LogP contribution in [0.25, 0.3) is 0 Å². The number of thiazole rings is 1. The van der Waals surface area contributed by atoms with Gasteiger partial charge in [-0.3, -0.25) is 0 Å². The maximum atomic E-state index is 13.6. The summed E-state index contributed by atoms with van der Waals surface area (Å²) >= 11 is 1.28. The van der Waals surface area contributed by atoms with Crippen LogP contribution in [0.4, 0.5) is 10.1 Å². The first-order chi connectivity index (χ1) is 8.40. The van der Waals surface area contributed by atoms with Gasteiger partial charge in [0.25, 0.3) is 0 Å². The van der Waals surface area contributed by atoms with Gasteiger partial charge in [0.1, 0.15) is 0 Å². The largest absolute Gasteiger partial charge is 0.397 e. The second kappa shape index (κ2) is 4.62. The molecule has 2 aromatic heterocycles. The zero-order valence-electron chi connectivity index (χ0n) is 9.42. The first kappa shape index (κ1) is 12.9. The van der Waals surface area contributed by atoms with E-state index in [2.05, 4.69) is 9.97 Å². The van der Waals surface area contributed by atoms with Gasteiger partial charge in [0, 0.05) is 11.4 Å². The second-order valence-electron chi connectivity index (χ2n) is 3.69. The molecule has 2 rings (SSSR count). The molecule has 0 bridgehead atoms. The molecule has 2 aromatic rings. The summed E-state index contributed by atoms with van der Waals surface area (Å²) in [4.78, 5) is 7.57. The van der Waals surface area contributed by atoms with Crippen molar-refractivity contribution in [1.82, 2.24) is 9.97 Å². The lowest BCUT2D eigenvalue weighted by Crippen LogP contribution is -2.11. The second-order valence-corrected chi connectivity index (χ2v) is 6.31. The lowest BCUT2D eigenvalue weighted by molar-refractivity contribution is 0.552. The fraction of sp³-hybridized carbons (Fsp3) is 0.200. The van der Waals surface area contributed by atoms with Gasteiger partial charge in [-0.25, -0.2) is 22.8 Å². The topological polar surface area (TPSA) is 85.9 Å². The van der Waals surface area contributed by atoms with E-state index in [4.69, 9.17) is 5.73 Å². The lowest BCUT2D eigenvalue weighted by atomic mass is 10.3. The third-order valence-electron chi connectivity index (χ3n) is 2.29. The number of nitrogens with zero attached hydrogens (tertiary/aromatic N) is 2. The van der Waals surface area contributed by atoms with Crippen LogP contribution in [0, 0.1) is 12.7 Å². The predicted octanol–water partition coefficient (Wildman–Crippen LogP) is 1.54. The fourth-order valence-corrected chi connectivity index (χ4v) is 3.34. The van der Waals surface area contributed by atoms with Crippen LogP contribution in [0.3, 0.4) is 0 Å². The predicted molar refractivity (Wildman–Crippen MR) is 66.3 cm³/mol. The Bertz CT molecular complexity index is 669. The smallest absolute Gasteiger partial charge is 0.204 e. The maximum Gasteiger partial charge on any atom is 0.204 e. The number of aryl methyl sites for hydroxylation is 1. The quantitative estimate of drug-likeness (QED) is 0.925. The molecule has 0 saturated carbocycles. The van der Waals surface area contributed by atoms with Crippen LogP contribution in [0.5, 0.6) is 0 Å². The summed E-state index contributed by atoms with van der Waals surface area (Å²) in [5.41, 5.74) is 7.76. The van der Waals surface area contributed by atoms with Gasteiger partial charge in [-0.15, -0.1) is 11.3 Å².